The predicted octanol–water partition coefficient (Wildman–Crippen LogP) is 6.42. The van der Waals surface area contributed by atoms with Gasteiger partial charge in [0.2, 0.25) is 0 Å². The van der Waals surface area contributed by atoms with Crippen molar-refractivity contribution in [3.8, 4) is 10.4 Å². The second kappa shape index (κ2) is 10.1. The van der Waals surface area contributed by atoms with E-state index in [9.17, 15) is 9.59 Å². The maximum atomic E-state index is 13.8. The van der Waals surface area contributed by atoms with Gasteiger partial charge in [0, 0.05) is 30.6 Å². The SMILES string of the molecule is O=C(NC[C@@H]1CCCCN1C(=O)c1nc(C2CC2)sc1-c1ccccc1)c1ccc(Cl)c(Cl)c1. The van der Waals surface area contributed by atoms with Crippen molar-refractivity contribution in [2.45, 2.75) is 44.1 Å². The summed E-state index contributed by atoms with van der Waals surface area (Å²) < 4.78 is 0. The van der Waals surface area contributed by atoms with Crippen LogP contribution >= 0.6 is 34.5 Å². The van der Waals surface area contributed by atoms with Gasteiger partial charge in [-0.05, 0) is 55.9 Å². The minimum absolute atomic E-state index is 0.0458. The number of likely N-dealkylation sites (tertiary alicyclic amines) is 1. The maximum absolute atomic E-state index is 13.8. The molecule has 1 N–H and O–H groups in total. The number of carbonyl (C=O) groups excluding carboxylic acids is 2. The number of hydrogen-bond donors (Lipinski definition) is 1. The number of benzene rings is 2. The number of nitrogens with zero attached hydrogens (tertiary/aromatic N) is 2. The number of hydrogen-bond acceptors (Lipinski definition) is 4. The highest BCUT2D eigenvalue weighted by molar-refractivity contribution is 7.15. The molecule has 2 amide bonds. The highest BCUT2D eigenvalue weighted by Crippen LogP contribution is 2.45. The molecule has 1 atom stereocenters. The summed E-state index contributed by atoms with van der Waals surface area (Å²) in [5.74, 6) is 0.207. The molecule has 8 heteroatoms. The second-order valence-electron chi connectivity index (χ2n) is 8.86. The fourth-order valence-corrected chi connectivity index (χ4v) is 5.87. The fourth-order valence-electron chi connectivity index (χ4n) is 4.34. The summed E-state index contributed by atoms with van der Waals surface area (Å²) in [4.78, 5) is 34.2. The Balaban J connectivity index is 1.35. The van der Waals surface area contributed by atoms with E-state index < -0.39 is 0 Å². The molecule has 34 heavy (non-hydrogen) atoms. The van der Waals surface area contributed by atoms with E-state index >= 15 is 0 Å². The third-order valence-electron chi connectivity index (χ3n) is 6.38. The molecule has 0 bridgehead atoms. The molecule has 2 aliphatic rings. The summed E-state index contributed by atoms with van der Waals surface area (Å²) in [5.41, 5.74) is 2.01. The van der Waals surface area contributed by atoms with E-state index in [1.54, 1.807) is 29.5 Å². The molecule has 5 nitrogen and oxygen atoms in total. The van der Waals surface area contributed by atoms with Gasteiger partial charge in [-0.15, -0.1) is 11.3 Å². The van der Waals surface area contributed by atoms with Crippen molar-refractivity contribution in [2.24, 2.45) is 0 Å². The first kappa shape index (κ1) is 23.3. The highest BCUT2D eigenvalue weighted by Gasteiger charge is 2.34. The standard InChI is InChI=1S/C26H25Cl2N3O2S/c27-20-12-11-18(14-21(20)28)24(32)29-15-19-8-4-5-13-31(19)26(33)22-23(16-6-2-1-3-7-16)34-25(30-22)17-9-10-17/h1-3,6-7,11-12,14,17,19H,4-5,8-10,13,15H2,(H,29,32)/t19-/m0/s1. The van der Waals surface area contributed by atoms with Crippen LogP contribution in [0.5, 0.6) is 0 Å². The molecule has 0 radical (unpaired) electrons. The van der Waals surface area contributed by atoms with Gasteiger partial charge < -0.3 is 10.2 Å². The third-order valence-corrected chi connectivity index (χ3v) is 8.38. The van der Waals surface area contributed by atoms with E-state index in [1.165, 1.54) is 0 Å². The van der Waals surface area contributed by atoms with Crippen molar-refractivity contribution < 1.29 is 9.59 Å². The molecule has 1 aliphatic heterocycles. The summed E-state index contributed by atoms with van der Waals surface area (Å²) in [6.07, 6.45) is 5.09. The minimum Gasteiger partial charge on any atom is -0.350 e. The maximum Gasteiger partial charge on any atom is 0.274 e. The van der Waals surface area contributed by atoms with Gasteiger partial charge in [-0.25, -0.2) is 4.98 Å². The summed E-state index contributed by atoms with van der Waals surface area (Å²) in [6.45, 7) is 1.04. The Morgan fingerprint density at radius 2 is 1.82 bits per heavy atom. The molecule has 3 aromatic rings. The van der Waals surface area contributed by atoms with Crippen LogP contribution in [-0.4, -0.2) is 40.8 Å². The second-order valence-corrected chi connectivity index (χ2v) is 10.7. The number of halogens is 2. The largest absolute Gasteiger partial charge is 0.350 e. The van der Waals surface area contributed by atoms with E-state index in [0.29, 0.717) is 40.3 Å². The molecule has 1 aromatic heterocycles. The van der Waals surface area contributed by atoms with Crippen molar-refractivity contribution in [3.63, 3.8) is 0 Å². The lowest BCUT2D eigenvalue weighted by Gasteiger charge is -2.35. The molecule has 2 fully saturated rings. The zero-order valence-corrected chi connectivity index (χ0v) is 20.9. The lowest BCUT2D eigenvalue weighted by Crippen LogP contribution is -2.49. The van der Waals surface area contributed by atoms with E-state index in [-0.39, 0.29) is 17.9 Å². The first-order valence-electron chi connectivity index (χ1n) is 11.6. The Morgan fingerprint density at radius 3 is 2.56 bits per heavy atom. The van der Waals surface area contributed by atoms with Gasteiger partial charge in [0.15, 0.2) is 0 Å². The lowest BCUT2D eigenvalue weighted by atomic mass is 10.0. The predicted molar refractivity (Wildman–Crippen MR) is 137 cm³/mol. The van der Waals surface area contributed by atoms with Crippen molar-refractivity contribution in [2.75, 3.05) is 13.1 Å². The smallest absolute Gasteiger partial charge is 0.274 e. The van der Waals surface area contributed by atoms with E-state index in [1.807, 2.05) is 35.2 Å². The van der Waals surface area contributed by atoms with Crippen LogP contribution in [0, 0.1) is 0 Å². The van der Waals surface area contributed by atoms with Crippen LogP contribution in [0.3, 0.4) is 0 Å². The van der Waals surface area contributed by atoms with E-state index in [0.717, 1.165) is 47.6 Å². The Bertz CT molecular complexity index is 1210. The summed E-state index contributed by atoms with van der Waals surface area (Å²) in [7, 11) is 0. The highest BCUT2D eigenvalue weighted by atomic mass is 35.5. The van der Waals surface area contributed by atoms with Crippen LogP contribution in [0.1, 0.15) is 63.9 Å². The number of nitrogens with one attached hydrogen (secondary N) is 1. The molecule has 1 saturated heterocycles. The molecule has 1 aliphatic carbocycles. The molecule has 176 valence electrons. The molecule has 2 aromatic carbocycles. The monoisotopic (exact) mass is 513 g/mol. The Morgan fingerprint density at radius 1 is 1.03 bits per heavy atom. The van der Waals surface area contributed by atoms with Crippen LogP contribution in [0.15, 0.2) is 48.5 Å². The summed E-state index contributed by atoms with van der Waals surface area (Å²) in [5, 5.41) is 4.79. The van der Waals surface area contributed by atoms with Gasteiger partial charge in [-0.3, -0.25) is 9.59 Å². The van der Waals surface area contributed by atoms with Crippen molar-refractivity contribution in [1.29, 1.82) is 0 Å². The quantitative estimate of drug-likeness (QED) is 0.413. The Kier molecular flexibility index (Phi) is 6.91. The average molecular weight is 514 g/mol. The molecule has 5 rings (SSSR count). The van der Waals surface area contributed by atoms with E-state index in [4.69, 9.17) is 28.2 Å². The first-order valence-corrected chi connectivity index (χ1v) is 13.2. The summed E-state index contributed by atoms with van der Waals surface area (Å²) >= 11 is 13.7. The number of piperidine rings is 1. The Hall–Kier alpha value is -2.41. The number of carbonyl (C=O) groups is 2. The van der Waals surface area contributed by atoms with Crippen LogP contribution in [0.4, 0.5) is 0 Å². The van der Waals surface area contributed by atoms with E-state index in [2.05, 4.69) is 5.32 Å². The topological polar surface area (TPSA) is 62.3 Å². The fraction of sp³-hybridized carbons (Fsp3) is 0.346. The summed E-state index contributed by atoms with van der Waals surface area (Å²) in [6, 6.07) is 14.8. The van der Waals surface area contributed by atoms with Gasteiger partial charge >= 0.3 is 0 Å². The molecule has 2 heterocycles. The van der Waals surface area contributed by atoms with Gasteiger partial charge in [0.1, 0.15) is 5.69 Å². The van der Waals surface area contributed by atoms with Crippen molar-refractivity contribution in [3.05, 3.63) is 74.8 Å². The van der Waals surface area contributed by atoms with Gasteiger partial charge in [-0.2, -0.15) is 0 Å². The Labute approximate surface area is 213 Å². The molecular weight excluding hydrogens is 489 g/mol. The third kappa shape index (κ3) is 4.99. The zero-order valence-electron chi connectivity index (χ0n) is 18.6. The van der Waals surface area contributed by atoms with Crippen LogP contribution in [0.2, 0.25) is 10.0 Å². The number of amides is 2. The van der Waals surface area contributed by atoms with Gasteiger partial charge in [-0.1, -0.05) is 53.5 Å². The van der Waals surface area contributed by atoms with Crippen LogP contribution < -0.4 is 5.32 Å². The molecule has 1 saturated carbocycles. The number of rotatable bonds is 6. The zero-order chi connectivity index (χ0) is 23.7. The molecule has 0 spiro atoms. The van der Waals surface area contributed by atoms with Gasteiger partial charge in [0.25, 0.3) is 11.8 Å². The molecule has 0 unspecified atom stereocenters. The van der Waals surface area contributed by atoms with Crippen molar-refractivity contribution >= 4 is 46.4 Å². The van der Waals surface area contributed by atoms with Crippen molar-refractivity contribution in [1.82, 2.24) is 15.2 Å². The normalized spacial score (nSPS) is 18.1. The van der Waals surface area contributed by atoms with Gasteiger partial charge in [0.05, 0.1) is 19.9 Å². The minimum atomic E-state index is -0.230. The van der Waals surface area contributed by atoms with Crippen LogP contribution in [-0.2, 0) is 0 Å². The average Bonchev–Trinajstić information content (AvgIpc) is 3.62. The number of thiazole rings is 1. The lowest BCUT2D eigenvalue weighted by molar-refractivity contribution is 0.0598. The van der Waals surface area contributed by atoms with Crippen LogP contribution in [0.25, 0.3) is 10.4 Å². The molecular formula is C26H25Cl2N3O2S. The first-order chi connectivity index (χ1) is 16.5. The number of aromatic nitrogens is 1.